The van der Waals surface area contributed by atoms with Gasteiger partial charge in [0.15, 0.2) is 0 Å². The molecule has 0 amide bonds. The highest BCUT2D eigenvalue weighted by atomic mass is 15.1. The normalized spacial score (nSPS) is 11.8. The molecule has 0 fully saturated rings. The van der Waals surface area contributed by atoms with Crippen LogP contribution in [0.1, 0.15) is 19.4 Å². The first kappa shape index (κ1) is 17.1. The van der Waals surface area contributed by atoms with Crippen molar-refractivity contribution in [1.82, 2.24) is 25.4 Å². The zero-order chi connectivity index (χ0) is 20.0. The number of nitrogens with one attached hydrogen (secondary N) is 2. The molecule has 2 aromatic carbocycles. The van der Waals surface area contributed by atoms with E-state index < -0.39 is 5.41 Å². The van der Waals surface area contributed by atoms with Crippen LogP contribution in [-0.4, -0.2) is 25.4 Å². The fourth-order valence-electron chi connectivity index (χ4n) is 3.61. The number of benzene rings is 2. The van der Waals surface area contributed by atoms with Crippen LogP contribution >= 0.6 is 0 Å². The van der Waals surface area contributed by atoms with Crippen molar-refractivity contribution in [3.63, 3.8) is 0 Å². The third kappa shape index (κ3) is 2.75. The Bertz CT molecular complexity index is 1370. The lowest BCUT2D eigenvalue weighted by Gasteiger charge is -2.15. The molecule has 0 spiro atoms. The van der Waals surface area contributed by atoms with Crippen molar-refractivity contribution in [2.45, 2.75) is 19.3 Å². The molecular weight excluding hydrogens is 360 g/mol. The number of hydrogen-bond acceptors (Lipinski definition) is 4. The van der Waals surface area contributed by atoms with Gasteiger partial charge in [-0.1, -0.05) is 30.3 Å². The van der Waals surface area contributed by atoms with Crippen LogP contribution in [0, 0.1) is 11.3 Å². The summed E-state index contributed by atoms with van der Waals surface area (Å²) in [5.41, 5.74) is 6.22. The third-order valence-electron chi connectivity index (χ3n) is 5.38. The van der Waals surface area contributed by atoms with Gasteiger partial charge < -0.3 is 0 Å². The molecule has 0 bridgehead atoms. The van der Waals surface area contributed by atoms with E-state index >= 15 is 0 Å². The maximum atomic E-state index is 9.38. The van der Waals surface area contributed by atoms with Crippen molar-refractivity contribution >= 4 is 21.8 Å². The Morgan fingerprint density at radius 2 is 1.76 bits per heavy atom. The first-order valence-electron chi connectivity index (χ1n) is 9.35. The van der Waals surface area contributed by atoms with Crippen LogP contribution in [0.15, 0.2) is 61.1 Å². The molecule has 0 atom stereocenters. The van der Waals surface area contributed by atoms with E-state index in [-0.39, 0.29) is 0 Å². The third-order valence-corrected chi connectivity index (χ3v) is 5.38. The highest BCUT2D eigenvalue weighted by molar-refractivity contribution is 6.11. The lowest BCUT2D eigenvalue weighted by Crippen LogP contribution is -2.13. The van der Waals surface area contributed by atoms with Crippen LogP contribution in [0.5, 0.6) is 0 Å². The van der Waals surface area contributed by atoms with E-state index in [4.69, 9.17) is 0 Å². The summed E-state index contributed by atoms with van der Waals surface area (Å²) in [5.74, 6) is 0. The molecule has 0 aliphatic heterocycles. The molecule has 0 saturated heterocycles. The molecule has 6 heteroatoms. The first-order chi connectivity index (χ1) is 14.1. The van der Waals surface area contributed by atoms with Gasteiger partial charge in [-0.2, -0.15) is 15.5 Å². The van der Waals surface area contributed by atoms with Gasteiger partial charge in [0.2, 0.25) is 0 Å². The fourth-order valence-corrected chi connectivity index (χ4v) is 3.61. The summed E-state index contributed by atoms with van der Waals surface area (Å²) >= 11 is 0. The van der Waals surface area contributed by atoms with Gasteiger partial charge in [0.05, 0.1) is 34.9 Å². The van der Waals surface area contributed by atoms with E-state index in [1.54, 1.807) is 6.20 Å². The number of hydrogen-bond donors (Lipinski definition) is 2. The molecule has 6 nitrogen and oxygen atoms in total. The number of aromatic amines is 2. The molecular formula is C23H18N6. The molecule has 0 radical (unpaired) electrons. The predicted molar refractivity (Wildman–Crippen MR) is 113 cm³/mol. The SMILES string of the molecule is CC(C)(C#N)c1ccc(-c2n[nH]c3cnc4ccc(-c5cn[nH]c5)cc4c23)cc1. The lowest BCUT2D eigenvalue weighted by atomic mass is 9.86. The molecule has 5 aromatic rings. The summed E-state index contributed by atoms with van der Waals surface area (Å²) in [6.45, 7) is 3.84. The number of fused-ring (bicyclic) bond motifs is 3. The van der Waals surface area contributed by atoms with E-state index in [0.29, 0.717) is 0 Å². The van der Waals surface area contributed by atoms with Crippen molar-refractivity contribution in [3.8, 4) is 28.5 Å². The van der Waals surface area contributed by atoms with Gasteiger partial charge in [-0.15, -0.1) is 0 Å². The number of aromatic nitrogens is 5. The molecule has 3 heterocycles. The van der Waals surface area contributed by atoms with Crippen molar-refractivity contribution in [2.24, 2.45) is 0 Å². The highest BCUT2D eigenvalue weighted by Gasteiger charge is 2.20. The molecule has 3 aromatic heterocycles. The Balaban J connectivity index is 1.71. The smallest absolute Gasteiger partial charge is 0.101 e. The van der Waals surface area contributed by atoms with Gasteiger partial charge in [-0.3, -0.25) is 15.2 Å². The summed E-state index contributed by atoms with van der Waals surface area (Å²) in [4.78, 5) is 4.57. The topological polar surface area (TPSA) is 94.0 Å². The first-order valence-corrected chi connectivity index (χ1v) is 9.35. The van der Waals surface area contributed by atoms with E-state index in [9.17, 15) is 5.26 Å². The van der Waals surface area contributed by atoms with E-state index in [1.165, 1.54) is 0 Å². The van der Waals surface area contributed by atoms with Gasteiger partial charge in [-0.25, -0.2) is 0 Å². The molecule has 0 saturated carbocycles. The second-order valence-corrected chi connectivity index (χ2v) is 7.65. The molecule has 140 valence electrons. The quantitative estimate of drug-likeness (QED) is 0.463. The van der Waals surface area contributed by atoms with Crippen LogP contribution in [0.2, 0.25) is 0 Å². The zero-order valence-corrected chi connectivity index (χ0v) is 16.1. The second kappa shape index (κ2) is 6.28. The minimum absolute atomic E-state index is 0.526. The number of nitriles is 1. The Hall–Kier alpha value is -3.98. The van der Waals surface area contributed by atoms with Gasteiger partial charge in [0.25, 0.3) is 0 Å². The second-order valence-electron chi connectivity index (χ2n) is 7.65. The number of pyridine rings is 1. The molecule has 0 aliphatic rings. The van der Waals surface area contributed by atoms with Crippen LogP contribution < -0.4 is 0 Å². The van der Waals surface area contributed by atoms with Crippen LogP contribution in [0.25, 0.3) is 44.2 Å². The maximum Gasteiger partial charge on any atom is 0.101 e. The minimum atomic E-state index is -0.526. The lowest BCUT2D eigenvalue weighted by molar-refractivity contribution is 0.687. The molecule has 0 aliphatic carbocycles. The largest absolute Gasteiger partial charge is 0.285 e. The molecule has 29 heavy (non-hydrogen) atoms. The van der Waals surface area contributed by atoms with Crippen molar-refractivity contribution < 1.29 is 0 Å². The highest BCUT2D eigenvalue weighted by Crippen LogP contribution is 2.34. The molecule has 0 unspecified atom stereocenters. The maximum absolute atomic E-state index is 9.38. The zero-order valence-electron chi connectivity index (χ0n) is 16.1. The Kier molecular flexibility index (Phi) is 3.71. The van der Waals surface area contributed by atoms with Gasteiger partial charge >= 0.3 is 0 Å². The van der Waals surface area contributed by atoms with Gasteiger partial charge in [0.1, 0.15) is 5.69 Å². The summed E-state index contributed by atoms with van der Waals surface area (Å²) in [6.07, 6.45) is 5.50. The molecule has 5 rings (SSSR count). The Morgan fingerprint density at radius 3 is 2.48 bits per heavy atom. The van der Waals surface area contributed by atoms with E-state index in [2.05, 4.69) is 37.5 Å². The minimum Gasteiger partial charge on any atom is -0.285 e. The van der Waals surface area contributed by atoms with E-state index in [1.807, 2.05) is 62.6 Å². The number of H-pyrrole nitrogens is 2. The van der Waals surface area contributed by atoms with Crippen LogP contribution in [-0.2, 0) is 5.41 Å². The summed E-state index contributed by atoms with van der Waals surface area (Å²) in [5, 5.41) is 26.0. The van der Waals surface area contributed by atoms with E-state index in [0.717, 1.165) is 49.8 Å². The van der Waals surface area contributed by atoms with Crippen molar-refractivity contribution in [1.29, 1.82) is 5.26 Å². The average molecular weight is 378 g/mol. The fraction of sp³-hybridized carbons (Fsp3) is 0.130. The Morgan fingerprint density at radius 1 is 0.966 bits per heavy atom. The monoisotopic (exact) mass is 378 g/mol. The Labute approximate surface area is 167 Å². The van der Waals surface area contributed by atoms with Crippen LogP contribution in [0.4, 0.5) is 0 Å². The van der Waals surface area contributed by atoms with Gasteiger partial charge in [0, 0.05) is 28.1 Å². The number of nitrogens with zero attached hydrogens (tertiary/aromatic N) is 4. The predicted octanol–water partition coefficient (Wildman–Crippen LogP) is 4.97. The van der Waals surface area contributed by atoms with Crippen molar-refractivity contribution in [3.05, 3.63) is 66.6 Å². The summed E-state index contributed by atoms with van der Waals surface area (Å²) in [6, 6.07) is 16.6. The van der Waals surface area contributed by atoms with Crippen molar-refractivity contribution in [2.75, 3.05) is 0 Å². The number of rotatable bonds is 3. The van der Waals surface area contributed by atoms with Gasteiger partial charge in [-0.05, 0) is 37.1 Å². The summed E-state index contributed by atoms with van der Waals surface area (Å²) < 4.78 is 0. The average Bonchev–Trinajstić information content (AvgIpc) is 3.43. The summed E-state index contributed by atoms with van der Waals surface area (Å²) in [7, 11) is 0. The van der Waals surface area contributed by atoms with Crippen LogP contribution in [0.3, 0.4) is 0 Å². The standard InChI is InChI=1S/C23H18N6/c1-23(2,13-24)17-6-3-14(4-7-17)22-21-18-9-15(16-10-26-27-11-16)5-8-19(18)25-12-20(21)28-29-22/h3-12H,1-2H3,(H,26,27)(H,28,29). The molecule has 2 N–H and O–H groups in total.